The third-order valence-electron chi connectivity index (χ3n) is 4.55. The van der Waals surface area contributed by atoms with Crippen LogP contribution >= 0.6 is 0 Å². The maximum atomic E-state index is 10.8. The molecular formula is C19H25NO3. The van der Waals surface area contributed by atoms with E-state index in [4.69, 9.17) is 9.15 Å². The van der Waals surface area contributed by atoms with Gasteiger partial charge in [-0.25, -0.2) is 0 Å². The third kappa shape index (κ3) is 3.77. The van der Waals surface area contributed by atoms with Gasteiger partial charge in [-0.3, -0.25) is 4.90 Å². The van der Waals surface area contributed by atoms with Crippen LogP contribution in [0.15, 0.2) is 47.1 Å². The molecule has 0 aliphatic heterocycles. The quantitative estimate of drug-likeness (QED) is 0.850. The number of aryl methyl sites for hydroxylation is 1. The topological polar surface area (TPSA) is 45.8 Å². The summed E-state index contributed by atoms with van der Waals surface area (Å²) in [5.41, 5.74) is 2.36. The van der Waals surface area contributed by atoms with Gasteiger partial charge in [0, 0.05) is 18.7 Å². The Hall–Kier alpha value is -1.78. The summed E-state index contributed by atoms with van der Waals surface area (Å²) in [6.45, 7) is 4.49. The number of rotatable bonds is 7. The number of ether oxygens (including phenoxy) is 1. The van der Waals surface area contributed by atoms with Crippen molar-refractivity contribution >= 4 is 0 Å². The van der Waals surface area contributed by atoms with E-state index in [1.54, 1.807) is 6.26 Å². The largest absolute Gasteiger partial charge is 0.464 e. The van der Waals surface area contributed by atoms with Gasteiger partial charge in [-0.05, 0) is 43.0 Å². The van der Waals surface area contributed by atoms with Gasteiger partial charge in [0.05, 0.1) is 12.4 Å². The Balaban J connectivity index is 1.63. The molecule has 2 atom stereocenters. The predicted molar refractivity (Wildman–Crippen MR) is 89.6 cm³/mol. The molecule has 1 aliphatic rings. The van der Waals surface area contributed by atoms with Crippen molar-refractivity contribution in [1.82, 2.24) is 4.90 Å². The van der Waals surface area contributed by atoms with Gasteiger partial charge in [0.1, 0.15) is 6.61 Å². The lowest BCUT2D eigenvalue weighted by Crippen LogP contribution is -2.44. The highest BCUT2D eigenvalue weighted by atomic mass is 16.6. The molecule has 4 heteroatoms. The van der Waals surface area contributed by atoms with Crippen LogP contribution in [-0.2, 0) is 6.42 Å². The number of aliphatic hydroxyl groups is 1. The van der Waals surface area contributed by atoms with E-state index in [1.165, 1.54) is 5.56 Å². The van der Waals surface area contributed by atoms with Gasteiger partial charge < -0.3 is 14.3 Å². The zero-order valence-corrected chi connectivity index (χ0v) is 13.6. The number of fused-ring (bicyclic) bond motifs is 1. The van der Waals surface area contributed by atoms with Gasteiger partial charge in [-0.15, -0.1) is 0 Å². The SMILES string of the molecule is CCCN(CCOc1ccco1)C1CCc2ccccc2C1O. The molecule has 1 aromatic heterocycles. The predicted octanol–water partition coefficient (Wildman–Crippen LogP) is 3.42. The van der Waals surface area contributed by atoms with Crippen molar-refractivity contribution in [2.24, 2.45) is 0 Å². The molecule has 2 aromatic rings. The molecule has 0 saturated carbocycles. The van der Waals surface area contributed by atoms with Gasteiger partial charge in [0.2, 0.25) is 0 Å². The standard InChI is InChI=1S/C19H25NO3/c1-2-11-20(12-14-23-18-8-5-13-22-18)17-10-9-15-6-3-4-7-16(15)19(17)21/h3-8,13,17,19,21H,2,9-12,14H2,1H3. The number of aliphatic hydroxyl groups excluding tert-OH is 1. The fraction of sp³-hybridized carbons (Fsp3) is 0.474. The second-order valence-corrected chi connectivity index (χ2v) is 6.07. The molecule has 0 fully saturated rings. The third-order valence-corrected chi connectivity index (χ3v) is 4.55. The minimum Gasteiger partial charge on any atom is -0.464 e. The molecule has 0 bridgehead atoms. The van der Waals surface area contributed by atoms with Crippen molar-refractivity contribution in [3.8, 4) is 5.95 Å². The molecular weight excluding hydrogens is 290 g/mol. The molecule has 0 amide bonds. The lowest BCUT2D eigenvalue weighted by Gasteiger charge is -2.38. The second-order valence-electron chi connectivity index (χ2n) is 6.07. The van der Waals surface area contributed by atoms with Crippen molar-refractivity contribution in [1.29, 1.82) is 0 Å². The number of nitrogens with zero attached hydrogens (tertiary/aromatic N) is 1. The Bertz CT molecular complexity index is 596. The van der Waals surface area contributed by atoms with Crippen molar-refractivity contribution in [3.63, 3.8) is 0 Å². The molecule has 1 N–H and O–H groups in total. The molecule has 124 valence electrons. The summed E-state index contributed by atoms with van der Waals surface area (Å²) < 4.78 is 10.8. The van der Waals surface area contributed by atoms with Crippen LogP contribution in [0.1, 0.15) is 37.0 Å². The lowest BCUT2D eigenvalue weighted by atomic mass is 9.85. The average molecular weight is 315 g/mol. The maximum absolute atomic E-state index is 10.8. The van der Waals surface area contributed by atoms with E-state index >= 15 is 0 Å². The number of benzene rings is 1. The van der Waals surface area contributed by atoms with Gasteiger partial charge in [-0.2, -0.15) is 0 Å². The summed E-state index contributed by atoms with van der Waals surface area (Å²) >= 11 is 0. The summed E-state index contributed by atoms with van der Waals surface area (Å²) in [7, 11) is 0. The normalized spacial score (nSPS) is 20.5. The van der Waals surface area contributed by atoms with E-state index in [1.807, 2.05) is 24.3 Å². The van der Waals surface area contributed by atoms with E-state index in [9.17, 15) is 5.11 Å². The summed E-state index contributed by atoms with van der Waals surface area (Å²) in [5.74, 6) is 0.552. The summed E-state index contributed by atoms with van der Waals surface area (Å²) in [6.07, 6.45) is 4.26. The van der Waals surface area contributed by atoms with Crippen LogP contribution in [0.25, 0.3) is 0 Å². The first kappa shape index (κ1) is 16.1. The van der Waals surface area contributed by atoms with E-state index in [0.29, 0.717) is 12.6 Å². The molecule has 3 rings (SSSR count). The molecule has 1 aromatic carbocycles. The molecule has 1 aliphatic carbocycles. The highest BCUT2D eigenvalue weighted by molar-refractivity contribution is 5.32. The van der Waals surface area contributed by atoms with Gasteiger partial charge in [0.15, 0.2) is 0 Å². The lowest BCUT2D eigenvalue weighted by molar-refractivity contribution is 0.0276. The molecule has 4 nitrogen and oxygen atoms in total. The zero-order valence-electron chi connectivity index (χ0n) is 13.6. The molecule has 1 heterocycles. The smallest absolute Gasteiger partial charge is 0.284 e. The molecule has 2 unspecified atom stereocenters. The highest BCUT2D eigenvalue weighted by Crippen LogP contribution is 2.32. The Labute approximate surface area is 137 Å². The van der Waals surface area contributed by atoms with Crippen LogP contribution < -0.4 is 4.74 Å². The number of hydrogen-bond donors (Lipinski definition) is 1. The molecule has 0 saturated heterocycles. The maximum Gasteiger partial charge on any atom is 0.284 e. The first-order valence-corrected chi connectivity index (χ1v) is 8.46. The molecule has 23 heavy (non-hydrogen) atoms. The average Bonchev–Trinajstić information content (AvgIpc) is 3.08. The number of furan rings is 1. The van der Waals surface area contributed by atoms with Crippen LogP contribution in [0.3, 0.4) is 0 Å². The summed E-state index contributed by atoms with van der Waals surface area (Å²) in [5, 5.41) is 10.8. The van der Waals surface area contributed by atoms with Crippen LogP contribution in [-0.4, -0.2) is 35.7 Å². The van der Waals surface area contributed by atoms with Crippen molar-refractivity contribution in [3.05, 3.63) is 53.8 Å². The van der Waals surface area contributed by atoms with Crippen molar-refractivity contribution in [2.45, 2.75) is 38.3 Å². The van der Waals surface area contributed by atoms with Crippen molar-refractivity contribution < 1.29 is 14.3 Å². The first-order chi connectivity index (χ1) is 11.3. The zero-order chi connectivity index (χ0) is 16.1. The van der Waals surface area contributed by atoms with E-state index < -0.39 is 6.10 Å². The van der Waals surface area contributed by atoms with Crippen LogP contribution in [0.2, 0.25) is 0 Å². The second kappa shape index (κ2) is 7.66. The van der Waals surface area contributed by atoms with Gasteiger partial charge in [-0.1, -0.05) is 31.2 Å². The van der Waals surface area contributed by atoms with Gasteiger partial charge >= 0.3 is 0 Å². The highest BCUT2D eigenvalue weighted by Gasteiger charge is 2.31. The Morgan fingerprint density at radius 1 is 1.22 bits per heavy atom. The van der Waals surface area contributed by atoms with Crippen molar-refractivity contribution in [2.75, 3.05) is 19.7 Å². The fourth-order valence-electron chi connectivity index (χ4n) is 3.44. The monoisotopic (exact) mass is 315 g/mol. The Morgan fingerprint density at radius 3 is 2.87 bits per heavy atom. The van der Waals surface area contributed by atoms with Crippen LogP contribution in [0.5, 0.6) is 5.95 Å². The molecule has 0 radical (unpaired) electrons. The fourth-order valence-corrected chi connectivity index (χ4v) is 3.44. The minimum absolute atomic E-state index is 0.157. The van der Waals surface area contributed by atoms with Crippen LogP contribution in [0, 0.1) is 0 Å². The first-order valence-electron chi connectivity index (χ1n) is 8.46. The van der Waals surface area contributed by atoms with Gasteiger partial charge in [0.25, 0.3) is 5.95 Å². The van der Waals surface area contributed by atoms with E-state index in [2.05, 4.69) is 24.0 Å². The summed E-state index contributed by atoms with van der Waals surface area (Å²) in [6, 6.07) is 12.0. The summed E-state index contributed by atoms with van der Waals surface area (Å²) in [4.78, 5) is 2.35. The van der Waals surface area contributed by atoms with E-state index in [0.717, 1.165) is 37.9 Å². The Kier molecular flexibility index (Phi) is 5.36. The minimum atomic E-state index is -0.421. The van der Waals surface area contributed by atoms with Crippen LogP contribution in [0.4, 0.5) is 0 Å². The Morgan fingerprint density at radius 2 is 2.09 bits per heavy atom. The van der Waals surface area contributed by atoms with E-state index in [-0.39, 0.29) is 6.04 Å². The molecule has 0 spiro atoms. The number of hydrogen-bond acceptors (Lipinski definition) is 4.